The van der Waals surface area contributed by atoms with Gasteiger partial charge < -0.3 is 9.80 Å². The maximum absolute atomic E-state index is 13.2. The lowest BCUT2D eigenvalue weighted by Crippen LogP contribution is -2.50. The summed E-state index contributed by atoms with van der Waals surface area (Å²) < 4.78 is 28.8. The number of halogens is 2. The fourth-order valence-electron chi connectivity index (χ4n) is 3.58. The number of carbonyl (C=O) groups is 1. The third-order valence-electron chi connectivity index (χ3n) is 5.47. The van der Waals surface area contributed by atoms with E-state index in [1.807, 2.05) is 0 Å². The zero-order valence-corrected chi connectivity index (χ0v) is 22.0. The first-order chi connectivity index (χ1) is 16.1. The monoisotopic (exact) mass is 554 g/mol. The van der Waals surface area contributed by atoms with Gasteiger partial charge in [0.15, 0.2) is 0 Å². The number of sulfonamides is 1. The van der Waals surface area contributed by atoms with E-state index in [0.717, 1.165) is 10.1 Å². The number of nitrogens with one attached hydrogen (secondary N) is 1. The molecule has 1 N–H and O–H groups in total. The second-order valence-corrected chi connectivity index (χ2v) is 12.6. The number of fused-ring (bicyclic) bond motifs is 1. The first-order valence-electron chi connectivity index (χ1n) is 10.1. The fourth-order valence-corrected chi connectivity index (χ4v) is 8.16. The molecule has 7 nitrogen and oxygen atoms in total. The first kappa shape index (κ1) is 25.0. The number of hydrogen-bond donors (Lipinski definition) is 1. The molecule has 1 saturated heterocycles. The molecular weight excluding hydrogens is 535 g/mol. The second-order valence-electron chi connectivity index (χ2n) is 7.65. The Hall–Kier alpha value is -2.13. The summed E-state index contributed by atoms with van der Waals surface area (Å²) >= 11 is 14.8. The number of benzene rings is 1. The lowest BCUT2D eigenvalue weighted by Gasteiger charge is -2.33. The third-order valence-corrected chi connectivity index (χ3v) is 10.6. The Morgan fingerprint density at radius 3 is 2.62 bits per heavy atom. The number of nitrogens with zero attached hydrogens (tertiary/aromatic N) is 3. The van der Waals surface area contributed by atoms with Crippen molar-refractivity contribution in [1.82, 2.24) is 14.1 Å². The average molecular weight is 556 g/mol. The molecule has 34 heavy (non-hydrogen) atoms. The molecule has 0 bridgehead atoms. The van der Waals surface area contributed by atoms with E-state index in [1.165, 1.54) is 27.0 Å². The Morgan fingerprint density at radius 1 is 1.24 bits per heavy atom. The predicted octanol–water partition coefficient (Wildman–Crippen LogP) is 4.31. The van der Waals surface area contributed by atoms with Gasteiger partial charge in [0.2, 0.25) is 0 Å². The van der Waals surface area contributed by atoms with Crippen molar-refractivity contribution in [2.75, 3.05) is 39.8 Å². The SMILES string of the molecule is C#CCN(C)C(=N)c1csc(C(=O)N2CCN(S(=O)(=O)c3cc4ccc(Cl)cc4s3)CC2)c1Cl. The van der Waals surface area contributed by atoms with Crippen molar-refractivity contribution in [3.63, 3.8) is 0 Å². The van der Waals surface area contributed by atoms with Crippen LogP contribution >= 0.6 is 45.9 Å². The topological polar surface area (TPSA) is 84.8 Å². The summed E-state index contributed by atoms with van der Waals surface area (Å²) in [4.78, 5) is 16.6. The molecule has 3 aromatic rings. The van der Waals surface area contributed by atoms with Gasteiger partial charge in [0.05, 0.1) is 11.6 Å². The minimum Gasteiger partial charge on any atom is -0.348 e. The Balaban J connectivity index is 1.46. The van der Waals surface area contributed by atoms with Gasteiger partial charge in [-0.1, -0.05) is 35.2 Å². The second kappa shape index (κ2) is 9.85. The Labute approximate surface area is 216 Å². The van der Waals surface area contributed by atoms with Crippen molar-refractivity contribution < 1.29 is 13.2 Å². The van der Waals surface area contributed by atoms with E-state index >= 15 is 0 Å². The van der Waals surface area contributed by atoms with Gasteiger partial charge in [0.1, 0.15) is 14.9 Å². The van der Waals surface area contributed by atoms with Crippen molar-refractivity contribution in [3.05, 3.63) is 50.1 Å². The van der Waals surface area contributed by atoms with Crippen LogP contribution in [-0.2, 0) is 10.0 Å². The summed E-state index contributed by atoms with van der Waals surface area (Å²) in [5.74, 6) is 2.33. The van der Waals surface area contributed by atoms with Gasteiger partial charge in [-0.3, -0.25) is 10.2 Å². The molecule has 0 aliphatic carbocycles. The van der Waals surface area contributed by atoms with Crippen LogP contribution in [-0.4, -0.2) is 74.0 Å². The quantitative estimate of drug-likeness (QED) is 0.289. The van der Waals surface area contributed by atoms with E-state index in [0.29, 0.717) is 15.5 Å². The molecule has 3 heterocycles. The average Bonchev–Trinajstić information content (AvgIpc) is 3.42. The Morgan fingerprint density at radius 2 is 1.94 bits per heavy atom. The van der Waals surface area contributed by atoms with Crippen molar-refractivity contribution in [2.24, 2.45) is 0 Å². The minimum atomic E-state index is -3.68. The van der Waals surface area contributed by atoms with Crippen LogP contribution in [0.4, 0.5) is 0 Å². The van der Waals surface area contributed by atoms with Gasteiger partial charge in [0, 0.05) is 53.9 Å². The zero-order valence-electron chi connectivity index (χ0n) is 18.0. The lowest BCUT2D eigenvalue weighted by atomic mass is 10.2. The zero-order chi connectivity index (χ0) is 24.6. The normalized spacial score (nSPS) is 14.8. The molecule has 1 aliphatic rings. The molecule has 0 spiro atoms. The first-order valence-corrected chi connectivity index (χ1v) is 14.0. The summed E-state index contributed by atoms with van der Waals surface area (Å²) in [6.45, 7) is 1.09. The van der Waals surface area contributed by atoms with Crippen LogP contribution in [0.15, 0.2) is 33.9 Å². The third kappa shape index (κ3) is 4.69. The van der Waals surface area contributed by atoms with E-state index in [4.69, 9.17) is 35.0 Å². The van der Waals surface area contributed by atoms with Gasteiger partial charge in [0.25, 0.3) is 15.9 Å². The van der Waals surface area contributed by atoms with Crippen molar-refractivity contribution in [1.29, 1.82) is 5.41 Å². The summed E-state index contributed by atoms with van der Waals surface area (Å²) in [6.07, 6.45) is 5.31. The van der Waals surface area contributed by atoms with E-state index in [1.54, 1.807) is 46.5 Å². The number of terminal acetylenes is 1. The van der Waals surface area contributed by atoms with Gasteiger partial charge in [-0.15, -0.1) is 29.1 Å². The number of thiophene rings is 2. The molecule has 1 aliphatic heterocycles. The van der Waals surface area contributed by atoms with Crippen LogP contribution < -0.4 is 0 Å². The van der Waals surface area contributed by atoms with Gasteiger partial charge >= 0.3 is 0 Å². The van der Waals surface area contributed by atoms with Crippen LogP contribution in [0.25, 0.3) is 10.1 Å². The van der Waals surface area contributed by atoms with Crippen LogP contribution in [0.3, 0.4) is 0 Å². The van der Waals surface area contributed by atoms with E-state index in [2.05, 4.69) is 5.92 Å². The van der Waals surface area contributed by atoms with Crippen molar-refractivity contribution >= 4 is 77.7 Å². The summed E-state index contributed by atoms with van der Waals surface area (Å²) in [7, 11) is -2.00. The Bertz CT molecular complexity index is 1420. The molecule has 1 aromatic carbocycles. The van der Waals surface area contributed by atoms with Crippen LogP contribution in [0.1, 0.15) is 15.2 Å². The molecule has 1 fully saturated rings. The highest BCUT2D eigenvalue weighted by atomic mass is 35.5. The van der Waals surface area contributed by atoms with Gasteiger partial charge in [-0.2, -0.15) is 4.31 Å². The summed E-state index contributed by atoms with van der Waals surface area (Å²) in [6, 6.07) is 6.93. The summed E-state index contributed by atoms with van der Waals surface area (Å²) in [5.41, 5.74) is 0.443. The molecule has 0 radical (unpaired) electrons. The lowest BCUT2D eigenvalue weighted by molar-refractivity contribution is 0.0703. The highest BCUT2D eigenvalue weighted by Gasteiger charge is 2.33. The van der Waals surface area contributed by atoms with E-state index in [-0.39, 0.29) is 53.7 Å². The molecule has 1 amide bonds. The number of amides is 1. The maximum atomic E-state index is 13.2. The fraction of sp³-hybridized carbons (Fsp3) is 0.273. The van der Waals surface area contributed by atoms with Gasteiger partial charge in [-0.05, 0) is 23.6 Å². The predicted molar refractivity (Wildman–Crippen MR) is 139 cm³/mol. The minimum absolute atomic E-state index is 0.138. The van der Waals surface area contributed by atoms with E-state index < -0.39 is 10.0 Å². The number of carbonyl (C=O) groups excluding carboxylic acids is 1. The molecule has 0 unspecified atom stereocenters. The molecule has 0 saturated carbocycles. The van der Waals surface area contributed by atoms with Crippen molar-refractivity contribution in [2.45, 2.75) is 4.21 Å². The van der Waals surface area contributed by atoms with Crippen LogP contribution in [0.2, 0.25) is 10.0 Å². The number of rotatable bonds is 5. The van der Waals surface area contributed by atoms with Crippen LogP contribution in [0, 0.1) is 17.8 Å². The maximum Gasteiger partial charge on any atom is 0.265 e. The molecule has 2 aromatic heterocycles. The molecule has 12 heteroatoms. The summed E-state index contributed by atoms with van der Waals surface area (Å²) in [5, 5.41) is 11.5. The molecular formula is C22H20Cl2N4O3S3. The van der Waals surface area contributed by atoms with Crippen molar-refractivity contribution in [3.8, 4) is 12.3 Å². The standard InChI is InChI=1S/C22H20Cl2N4O3S3/c1-3-6-26(2)21(25)16-13-32-20(19(16)24)22(29)27-7-9-28(10-8-27)34(30,31)18-11-14-4-5-15(23)12-17(14)33-18/h1,4-5,11-13,25H,6-10H2,2H3. The number of amidine groups is 1. The van der Waals surface area contributed by atoms with Crippen LogP contribution in [0.5, 0.6) is 0 Å². The molecule has 4 rings (SSSR count). The molecule has 0 atom stereocenters. The number of hydrogen-bond acceptors (Lipinski definition) is 6. The smallest absolute Gasteiger partial charge is 0.265 e. The largest absolute Gasteiger partial charge is 0.348 e. The highest BCUT2D eigenvalue weighted by Crippen LogP contribution is 2.34. The number of piperazine rings is 1. The van der Waals surface area contributed by atoms with E-state index in [9.17, 15) is 13.2 Å². The highest BCUT2D eigenvalue weighted by molar-refractivity contribution is 7.91. The van der Waals surface area contributed by atoms with Gasteiger partial charge in [-0.25, -0.2) is 8.42 Å². The molecule has 178 valence electrons. The Kier molecular flexibility index (Phi) is 7.24.